The average Bonchev–Trinajstić information content (AvgIpc) is 2.69. The van der Waals surface area contributed by atoms with Gasteiger partial charge in [0.2, 0.25) is 5.91 Å². The fourth-order valence-electron chi connectivity index (χ4n) is 3.50. The van der Waals surface area contributed by atoms with Crippen LogP contribution in [0.1, 0.15) is 16.7 Å². The highest BCUT2D eigenvalue weighted by molar-refractivity contribution is 6.30. The Morgan fingerprint density at radius 1 is 1.10 bits per heavy atom. The topological polar surface area (TPSA) is 49.6 Å². The van der Waals surface area contributed by atoms with Crippen molar-refractivity contribution in [3.05, 3.63) is 64.2 Å². The molecule has 2 aromatic rings. The third-order valence-corrected chi connectivity index (χ3v) is 5.39. The first-order valence-corrected chi connectivity index (χ1v) is 9.74. The molecular weight excluding hydrogens is 403 g/mol. The lowest BCUT2D eigenvalue weighted by Gasteiger charge is -2.37. The Hall–Kier alpha value is -2.25. The lowest BCUT2D eigenvalue weighted by Crippen LogP contribution is -2.53. The molecule has 1 unspecified atom stereocenters. The van der Waals surface area contributed by atoms with E-state index < -0.39 is 17.8 Å². The number of anilines is 1. The van der Waals surface area contributed by atoms with Crippen LogP contribution in [-0.4, -0.2) is 43.0 Å². The second-order valence-electron chi connectivity index (χ2n) is 7.25. The largest absolute Gasteiger partial charge is 0.416 e. The van der Waals surface area contributed by atoms with E-state index in [-0.39, 0.29) is 12.3 Å². The normalized spacial score (nSPS) is 16.1. The number of amides is 1. The Kier molecular flexibility index (Phi) is 6.39. The highest BCUT2D eigenvalue weighted by atomic mass is 35.5. The van der Waals surface area contributed by atoms with Crippen molar-refractivity contribution in [2.45, 2.75) is 25.6 Å². The summed E-state index contributed by atoms with van der Waals surface area (Å²) in [5.74, 6) is -0.188. The Morgan fingerprint density at radius 2 is 1.72 bits per heavy atom. The summed E-state index contributed by atoms with van der Waals surface area (Å²) in [6.07, 6.45) is -4.18. The maximum Gasteiger partial charge on any atom is 0.416 e. The third kappa shape index (κ3) is 5.22. The molecule has 1 aliphatic heterocycles. The predicted octanol–water partition coefficient (Wildman–Crippen LogP) is 3.89. The zero-order chi connectivity index (χ0) is 21.2. The minimum atomic E-state index is -4.38. The van der Waals surface area contributed by atoms with Crippen molar-refractivity contribution in [2.75, 3.05) is 31.1 Å². The number of hydrogen-bond donors (Lipinski definition) is 1. The van der Waals surface area contributed by atoms with Gasteiger partial charge in [0.15, 0.2) is 0 Å². The average molecular weight is 426 g/mol. The first-order chi connectivity index (χ1) is 13.6. The molecule has 0 bridgehead atoms. The van der Waals surface area contributed by atoms with Gasteiger partial charge in [-0.25, -0.2) is 0 Å². The van der Waals surface area contributed by atoms with Gasteiger partial charge in [0, 0.05) is 36.9 Å². The number of aryl methyl sites for hydroxylation is 1. The Balaban J connectivity index is 1.56. The molecule has 0 aromatic heterocycles. The molecule has 8 heteroatoms. The smallest absolute Gasteiger partial charge is 0.368 e. The maximum atomic E-state index is 12.7. The lowest BCUT2D eigenvalue weighted by atomic mass is 10.0. The van der Waals surface area contributed by atoms with Gasteiger partial charge in [-0.05, 0) is 48.7 Å². The van der Waals surface area contributed by atoms with Gasteiger partial charge >= 0.3 is 6.18 Å². The number of nitrogens with zero attached hydrogens (tertiary/aromatic N) is 2. The van der Waals surface area contributed by atoms with Gasteiger partial charge in [0.1, 0.15) is 0 Å². The molecule has 1 fully saturated rings. The zero-order valence-corrected chi connectivity index (χ0v) is 16.8. The molecule has 2 N–H and O–H groups in total. The van der Waals surface area contributed by atoms with Gasteiger partial charge in [0.25, 0.3) is 0 Å². The van der Waals surface area contributed by atoms with Gasteiger partial charge in [-0.15, -0.1) is 0 Å². The summed E-state index contributed by atoms with van der Waals surface area (Å²) in [7, 11) is 0. The molecule has 3 rings (SSSR count). The highest BCUT2D eigenvalue weighted by Gasteiger charge is 2.30. The minimum absolute atomic E-state index is 0.188. The second-order valence-corrected chi connectivity index (χ2v) is 7.68. The number of carbonyl (C=O) groups is 1. The Bertz CT molecular complexity index is 862. The van der Waals surface area contributed by atoms with E-state index in [2.05, 4.69) is 4.90 Å². The van der Waals surface area contributed by atoms with Crippen molar-refractivity contribution in [1.82, 2.24) is 4.90 Å². The van der Waals surface area contributed by atoms with Crippen LogP contribution in [0.4, 0.5) is 18.9 Å². The van der Waals surface area contributed by atoms with Gasteiger partial charge in [-0.1, -0.05) is 29.8 Å². The number of rotatable bonds is 4. The summed E-state index contributed by atoms with van der Waals surface area (Å²) in [5, 5.41) is 0.669. The van der Waals surface area contributed by atoms with Gasteiger partial charge in [0.05, 0.1) is 11.6 Å². The van der Waals surface area contributed by atoms with E-state index in [1.807, 2.05) is 25.1 Å². The van der Waals surface area contributed by atoms with E-state index in [0.717, 1.165) is 23.4 Å². The van der Waals surface area contributed by atoms with Crippen LogP contribution in [0, 0.1) is 6.92 Å². The van der Waals surface area contributed by atoms with E-state index in [9.17, 15) is 18.0 Å². The first-order valence-electron chi connectivity index (χ1n) is 9.37. The minimum Gasteiger partial charge on any atom is -0.368 e. The monoisotopic (exact) mass is 425 g/mol. The number of alkyl halides is 3. The number of benzene rings is 2. The second kappa shape index (κ2) is 8.63. The third-order valence-electron chi connectivity index (χ3n) is 5.16. The predicted molar refractivity (Wildman–Crippen MR) is 108 cm³/mol. The van der Waals surface area contributed by atoms with Crippen molar-refractivity contribution >= 4 is 23.2 Å². The van der Waals surface area contributed by atoms with Crippen LogP contribution >= 0.6 is 11.6 Å². The summed E-state index contributed by atoms with van der Waals surface area (Å²) < 4.78 is 38.0. The van der Waals surface area contributed by atoms with Crippen LogP contribution in [0.2, 0.25) is 5.02 Å². The van der Waals surface area contributed by atoms with Crippen LogP contribution in [0.15, 0.2) is 42.5 Å². The summed E-state index contributed by atoms with van der Waals surface area (Å²) in [6.45, 7) is 4.42. The molecule has 156 valence electrons. The number of nitrogens with two attached hydrogens (primary N) is 1. The Morgan fingerprint density at radius 3 is 2.31 bits per heavy atom. The lowest BCUT2D eigenvalue weighted by molar-refractivity contribution is -0.137. The highest BCUT2D eigenvalue weighted by Crippen LogP contribution is 2.29. The summed E-state index contributed by atoms with van der Waals surface area (Å²) in [4.78, 5) is 16.6. The molecule has 29 heavy (non-hydrogen) atoms. The van der Waals surface area contributed by atoms with Crippen molar-refractivity contribution in [2.24, 2.45) is 5.73 Å². The van der Waals surface area contributed by atoms with Crippen LogP contribution in [-0.2, 0) is 17.4 Å². The van der Waals surface area contributed by atoms with Crippen molar-refractivity contribution in [1.29, 1.82) is 0 Å². The van der Waals surface area contributed by atoms with Crippen LogP contribution in [0.5, 0.6) is 0 Å². The molecular formula is C21H23ClF3N3O. The van der Waals surface area contributed by atoms with Gasteiger partial charge in [-0.2, -0.15) is 13.2 Å². The van der Waals surface area contributed by atoms with Crippen molar-refractivity contribution in [3.63, 3.8) is 0 Å². The summed E-state index contributed by atoms with van der Waals surface area (Å²) >= 11 is 6.10. The molecule has 1 saturated heterocycles. The van der Waals surface area contributed by atoms with Crippen LogP contribution < -0.4 is 10.6 Å². The van der Waals surface area contributed by atoms with Crippen LogP contribution in [0.25, 0.3) is 0 Å². The van der Waals surface area contributed by atoms with Gasteiger partial charge < -0.3 is 15.5 Å². The SMILES string of the molecule is Cc1ccc(Cl)cc1N1CCN(C(=O)C(N)Cc2ccc(C(F)(F)F)cc2)CC1. The molecule has 0 spiro atoms. The van der Waals surface area contributed by atoms with E-state index in [4.69, 9.17) is 17.3 Å². The molecule has 0 radical (unpaired) electrons. The number of carbonyl (C=O) groups excluding carboxylic acids is 1. The molecule has 1 amide bonds. The summed E-state index contributed by atoms with van der Waals surface area (Å²) in [5.41, 5.74) is 8.11. The number of piperazine rings is 1. The van der Waals surface area contributed by atoms with E-state index in [1.54, 1.807) is 4.90 Å². The quantitative estimate of drug-likeness (QED) is 0.808. The zero-order valence-electron chi connectivity index (χ0n) is 16.0. The molecule has 1 atom stereocenters. The number of halogens is 4. The standard InChI is InChI=1S/C21H23ClF3N3O/c1-14-2-7-17(22)13-19(14)27-8-10-28(11-9-27)20(29)18(26)12-15-3-5-16(6-4-15)21(23,24)25/h2-7,13,18H,8-12,26H2,1H3. The summed E-state index contributed by atoms with van der Waals surface area (Å²) in [6, 6.07) is 9.72. The van der Waals surface area contributed by atoms with Crippen molar-refractivity contribution in [3.8, 4) is 0 Å². The molecule has 2 aromatic carbocycles. The van der Waals surface area contributed by atoms with E-state index >= 15 is 0 Å². The molecule has 0 saturated carbocycles. The molecule has 1 aliphatic rings. The molecule has 0 aliphatic carbocycles. The van der Waals surface area contributed by atoms with Gasteiger partial charge in [-0.3, -0.25) is 4.79 Å². The fourth-order valence-corrected chi connectivity index (χ4v) is 3.66. The molecule has 4 nitrogen and oxygen atoms in total. The maximum absolute atomic E-state index is 12.7. The number of hydrogen-bond acceptors (Lipinski definition) is 3. The van der Waals surface area contributed by atoms with Crippen LogP contribution in [0.3, 0.4) is 0 Å². The fraction of sp³-hybridized carbons (Fsp3) is 0.381. The van der Waals surface area contributed by atoms with E-state index in [1.165, 1.54) is 12.1 Å². The van der Waals surface area contributed by atoms with E-state index in [0.29, 0.717) is 36.8 Å². The Labute approximate surface area is 173 Å². The molecule has 1 heterocycles. The van der Waals surface area contributed by atoms with Crippen molar-refractivity contribution < 1.29 is 18.0 Å². The first kappa shape index (κ1) is 21.5.